The van der Waals surface area contributed by atoms with E-state index in [9.17, 15) is 52.7 Å². The van der Waals surface area contributed by atoms with Crippen LogP contribution in [0.5, 0.6) is 57.5 Å². The second kappa shape index (κ2) is 49.6. The lowest BCUT2D eigenvalue weighted by Gasteiger charge is -2.26. The van der Waals surface area contributed by atoms with Crippen molar-refractivity contribution in [3.8, 4) is 57.5 Å². The fourth-order valence-electron chi connectivity index (χ4n) is 12.2. The van der Waals surface area contributed by atoms with E-state index in [1.54, 1.807) is 72.8 Å². The molecule has 0 saturated heterocycles. The molecule has 0 atom stereocenters. The van der Waals surface area contributed by atoms with Gasteiger partial charge in [0.1, 0.15) is 68.6 Å². The number of aromatic hydroxyl groups is 2. The van der Waals surface area contributed by atoms with E-state index in [0.29, 0.717) is 151 Å². The van der Waals surface area contributed by atoms with E-state index in [2.05, 4.69) is 24.5 Å². The standard InChI is InChI=1S/C54H64O16.C23H30O7.C8H8O4/c1-4-48(55)65-34-12-8-6-10-32-63-41-22-26-43(27-23-41)67-50(57)37-14-16-39(17-15-37)52(59)69-45-30-31-47(46(36-45)54(61)62-3)70-53(60)40-20-18-38(19-21-40)51(58)68-44-28-24-42(25-29-44)64-33-11-7-9-13-35-66-49(56)5-2;1-2-21(24)29-16-6-4-3-5-15-28-19-11-13-20(14-12-19)30-23(27)18-9-7-17(8-10-18)22(25)26;1-12-8(11)6-4-5(9)2-3-7(6)10/h4-5,22-31,36-40H,1-2,6-21,32-35H2,3H3;2,11-14,17-18H,1,3-10,15-16H2,(H,25,26);2-4,9-10H,1H3. The highest BCUT2D eigenvalue weighted by molar-refractivity contribution is 5.95. The summed E-state index contributed by atoms with van der Waals surface area (Å²) in [6.45, 7) is 12.9. The molecule has 0 amide bonds. The monoisotopic (exact) mass is 1550 g/mol. The van der Waals surface area contributed by atoms with Gasteiger partial charge in [0.05, 0.1) is 89.4 Å². The lowest BCUT2D eigenvalue weighted by Crippen LogP contribution is -2.31. The van der Waals surface area contributed by atoms with Crippen LogP contribution >= 0.6 is 0 Å². The summed E-state index contributed by atoms with van der Waals surface area (Å²) < 4.78 is 69.4. The summed E-state index contributed by atoms with van der Waals surface area (Å²) in [7, 11) is 2.38. The molecular formula is C85H102O27. The number of carbonyl (C=O) groups is 11. The number of aliphatic carboxylic acids is 1. The Morgan fingerprint density at radius 2 is 0.607 bits per heavy atom. The molecule has 3 aliphatic rings. The van der Waals surface area contributed by atoms with Crippen LogP contribution in [0.1, 0.15) is 175 Å². The largest absolute Gasteiger partial charge is 0.508 e. The van der Waals surface area contributed by atoms with Gasteiger partial charge in [-0.15, -0.1) is 0 Å². The van der Waals surface area contributed by atoms with Crippen LogP contribution in [0, 0.1) is 35.5 Å². The molecule has 0 bridgehead atoms. The van der Waals surface area contributed by atoms with Crippen molar-refractivity contribution in [2.75, 3.05) is 53.9 Å². The number of phenolic OH excluding ortho intramolecular Hbond substituents is 2. The molecule has 0 aliphatic heterocycles. The Balaban J connectivity index is 0.000000378. The summed E-state index contributed by atoms with van der Waals surface area (Å²) in [5.41, 5.74) is -0.142. The van der Waals surface area contributed by atoms with Gasteiger partial charge in [-0.2, -0.15) is 0 Å². The molecule has 3 fully saturated rings. The summed E-state index contributed by atoms with van der Waals surface area (Å²) in [5.74, 6) is -5.05. The molecule has 27 nitrogen and oxygen atoms in total. The van der Waals surface area contributed by atoms with E-state index in [-0.39, 0.29) is 63.9 Å². The molecule has 0 heterocycles. The van der Waals surface area contributed by atoms with Crippen molar-refractivity contribution in [2.45, 2.75) is 154 Å². The Labute approximate surface area is 651 Å². The van der Waals surface area contributed by atoms with Crippen LogP contribution in [0.2, 0.25) is 0 Å². The number of benzene rings is 5. The van der Waals surface area contributed by atoms with Crippen LogP contribution in [0.25, 0.3) is 0 Å². The van der Waals surface area contributed by atoms with Crippen molar-refractivity contribution < 1.29 is 130 Å². The number of ether oxygens (including phenoxy) is 13. The van der Waals surface area contributed by atoms with Gasteiger partial charge in [0.15, 0.2) is 0 Å². The predicted octanol–water partition coefficient (Wildman–Crippen LogP) is 14.5. The minimum absolute atomic E-state index is 0.0440. The molecule has 604 valence electrons. The maximum atomic E-state index is 13.3. The third-order valence-electron chi connectivity index (χ3n) is 18.6. The second-order valence-electron chi connectivity index (χ2n) is 26.7. The number of esters is 10. The Hall–Kier alpha value is -11.5. The topological polar surface area (TPSA) is 368 Å². The average molecular weight is 1560 g/mol. The number of methoxy groups -OCH3 is 2. The Morgan fingerprint density at radius 3 is 0.920 bits per heavy atom. The molecule has 0 radical (unpaired) electrons. The van der Waals surface area contributed by atoms with Gasteiger partial charge in [0, 0.05) is 18.2 Å². The van der Waals surface area contributed by atoms with E-state index in [1.165, 1.54) is 44.6 Å². The normalized spacial score (nSPS) is 16.8. The zero-order valence-electron chi connectivity index (χ0n) is 63.6. The maximum absolute atomic E-state index is 13.3. The molecule has 112 heavy (non-hydrogen) atoms. The quantitative estimate of drug-likeness (QED) is 0.00819. The van der Waals surface area contributed by atoms with Crippen molar-refractivity contribution in [1.29, 1.82) is 0 Å². The Bertz CT molecular complexity index is 3880. The number of unbranched alkanes of at least 4 members (excludes halogenated alkanes) is 9. The fraction of sp³-hybridized carbons (Fsp3) is 0.447. The van der Waals surface area contributed by atoms with Gasteiger partial charge in [-0.1, -0.05) is 19.7 Å². The van der Waals surface area contributed by atoms with Crippen molar-refractivity contribution in [2.24, 2.45) is 35.5 Å². The molecule has 27 heteroatoms. The first-order valence-electron chi connectivity index (χ1n) is 37.8. The summed E-state index contributed by atoms with van der Waals surface area (Å²) in [5, 5.41) is 27.1. The SMILES string of the molecule is C=CC(=O)OCCCCCCOc1ccc(OC(=O)C2CCC(C(=O)O)CC2)cc1.C=CC(=O)OCCCCCCOc1ccc(OC(=O)C2CCC(C(=O)Oc3ccc(OC(=O)C4CCC(C(=O)Oc5ccc(OCCCCCCOC(=O)C=C)cc5)CC4)c(C(=O)OC)c3)CC2)cc1.COC(=O)c1cc(O)ccc1O. The highest BCUT2D eigenvalue weighted by atomic mass is 16.6. The number of hydrogen-bond acceptors (Lipinski definition) is 26. The third kappa shape index (κ3) is 32.6. The van der Waals surface area contributed by atoms with Gasteiger partial charge < -0.3 is 76.9 Å². The van der Waals surface area contributed by atoms with Crippen LogP contribution in [-0.4, -0.2) is 135 Å². The lowest BCUT2D eigenvalue weighted by atomic mass is 9.82. The van der Waals surface area contributed by atoms with Crippen LogP contribution in [0.3, 0.4) is 0 Å². The minimum Gasteiger partial charge on any atom is -0.508 e. The first-order valence-corrected chi connectivity index (χ1v) is 37.8. The van der Waals surface area contributed by atoms with Crippen molar-refractivity contribution >= 4 is 65.7 Å². The second-order valence-corrected chi connectivity index (χ2v) is 26.7. The van der Waals surface area contributed by atoms with Gasteiger partial charge in [-0.05, 0) is 263 Å². The van der Waals surface area contributed by atoms with Gasteiger partial charge in [-0.3, -0.25) is 28.8 Å². The lowest BCUT2D eigenvalue weighted by molar-refractivity contribution is -0.146. The van der Waals surface area contributed by atoms with E-state index in [1.807, 2.05) is 0 Å². The molecule has 3 aliphatic carbocycles. The molecule has 3 N–H and O–H groups in total. The van der Waals surface area contributed by atoms with E-state index >= 15 is 0 Å². The smallest absolute Gasteiger partial charge is 0.341 e. The molecule has 0 spiro atoms. The molecule has 3 saturated carbocycles. The zero-order chi connectivity index (χ0) is 81.0. The van der Waals surface area contributed by atoms with Crippen molar-refractivity contribution in [3.63, 3.8) is 0 Å². The van der Waals surface area contributed by atoms with Crippen LogP contribution in [0.4, 0.5) is 0 Å². The third-order valence-corrected chi connectivity index (χ3v) is 18.6. The van der Waals surface area contributed by atoms with Gasteiger partial charge in [0.25, 0.3) is 0 Å². The van der Waals surface area contributed by atoms with Gasteiger partial charge >= 0.3 is 65.7 Å². The van der Waals surface area contributed by atoms with Crippen molar-refractivity contribution in [1.82, 2.24) is 0 Å². The number of rotatable bonds is 40. The molecule has 5 aromatic carbocycles. The summed E-state index contributed by atoms with van der Waals surface area (Å²) in [6.07, 6.45) is 19.3. The molecule has 0 unspecified atom stereocenters. The summed E-state index contributed by atoms with van der Waals surface area (Å²) >= 11 is 0. The molecule has 8 rings (SSSR count). The van der Waals surface area contributed by atoms with Gasteiger partial charge in [0.2, 0.25) is 0 Å². The summed E-state index contributed by atoms with van der Waals surface area (Å²) in [4.78, 5) is 133. The Kier molecular flexibility index (Phi) is 39.6. The zero-order valence-corrected chi connectivity index (χ0v) is 63.6. The Morgan fingerprint density at radius 1 is 0.330 bits per heavy atom. The average Bonchev–Trinajstić information content (AvgIpc) is 0.819. The highest BCUT2D eigenvalue weighted by Gasteiger charge is 2.36. The molecule has 0 aromatic heterocycles. The molecular weight excluding hydrogens is 1450 g/mol. The van der Waals surface area contributed by atoms with Crippen LogP contribution < -0.4 is 37.9 Å². The minimum atomic E-state index is -0.792. The number of carbonyl (C=O) groups excluding carboxylic acids is 10. The van der Waals surface area contributed by atoms with Crippen molar-refractivity contribution in [3.05, 3.63) is 158 Å². The van der Waals surface area contributed by atoms with Crippen LogP contribution in [-0.2, 0) is 66.8 Å². The van der Waals surface area contributed by atoms with E-state index < -0.39 is 71.4 Å². The van der Waals surface area contributed by atoms with Crippen LogP contribution in [0.15, 0.2) is 147 Å². The maximum Gasteiger partial charge on any atom is 0.341 e. The predicted molar refractivity (Wildman–Crippen MR) is 406 cm³/mol. The molecule has 5 aromatic rings. The number of carboxylic acids is 1. The van der Waals surface area contributed by atoms with Gasteiger partial charge in [-0.25, -0.2) is 24.0 Å². The first-order chi connectivity index (χ1) is 54.1. The number of hydrogen-bond donors (Lipinski definition) is 3. The van der Waals surface area contributed by atoms with E-state index in [0.717, 1.165) is 101 Å². The highest BCUT2D eigenvalue weighted by Crippen LogP contribution is 2.37. The number of carboxylic acid groups (broad SMARTS) is 1. The van der Waals surface area contributed by atoms with E-state index in [4.69, 9.17) is 72.2 Å². The first kappa shape index (κ1) is 89.4. The summed E-state index contributed by atoms with van der Waals surface area (Å²) in [6, 6.07) is 28.3. The fourth-order valence-corrected chi connectivity index (χ4v) is 12.2. The number of phenols is 2.